The fraction of sp³-hybridized carbons (Fsp3) is 0.917. The van der Waals surface area contributed by atoms with Crippen molar-refractivity contribution in [1.29, 1.82) is 0 Å². The maximum absolute atomic E-state index is 11.9. The number of carbonyl (C=O) groups is 1. The fourth-order valence-corrected chi connectivity index (χ4v) is 2.45. The maximum atomic E-state index is 11.9. The number of rotatable bonds is 3. The number of piperidine rings is 1. The highest BCUT2D eigenvalue weighted by molar-refractivity contribution is 5.74. The van der Waals surface area contributed by atoms with Gasteiger partial charge in [-0.2, -0.15) is 0 Å². The summed E-state index contributed by atoms with van der Waals surface area (Å²) in [5.41, 5.74) is 0. The van der Waals surface area contributed by atoms with Gasteiger partial charge in [0.25, 0.3) is 0 Å². The van der Waals surface area contributed by atoms with Crippen molar-refractivity contribution in [3.63, 3.8) is 0 Å². The third kappa shape index (κ3) is 3.57. The summed E-state index contributed by atoms with van der Waals surface area (Å²) < 4.78 is 10.4. The van der Waals surface area contributed by atoms with Crippen LogP contribution in [0.2, 0.25) is 0 Å². The van der Waals surface area contributed by atoms with Crippen molar-refractivity contribution in [1.82, 2.24) is 10.2 Å². The number of hydrogen-bond acceptors (Lipinski definition) is 3. The van der Waals surface area contributed by atoms with Crippen molar-refractivity contribution in [2.45, 2.75) is 25.3 Å². The van der Waals surface area contributed by atoms with E-state index in [1.807, 2.05) is 4.90 Å². The van der Waals surface area contributed by atoms with E-state index in [1.54, 1.807) is 7.11 Å². The van der Waals surface area contributed by atoms with Crippen molar-refractivity contribution < 1.29 is 14.3 Å². The molecular formula is C12H22N2O3. The van der Waals surface area contributed by atoms with Crippen LogP contribution in [0, 0.1) is 5.92 Å². The lowest BCUT2D eigenvalue weighted by Gasteiger charge is -2.32. The van der Waals surface area contributed by atoms with Gasteiger partial charge in [0.05, 0.1) is 12.6 Å². The predicted octanol–water partition coefficient (Wildman–Crippen LogP) is 0.843. The van der Waals surface area contributed by atoms with E-state index in [9.17, 15) is 4.79 Å². The Morgan fingerprint density at radius 1 is 1.41 bits per heavy atom. The molecule has 2 saturated heterocycles. The van der Waals surface area contributed by atoms with Crippen LogP contribution < -0.4 is 5.32 Å². The molecule has 0 radical (unpaired) electrons. The lowest BCUT2D eigenvalue weighted by atomic mass is 9.98. The van der Waals surface area contributed by atoms with Crippen LogP contribution in [0.4, 0.5) is 4.79 Å². The van der Waals surface area contributed by atoms with Crippen molar-refractivity contribution in [2.24, 2.45) is 5.92 Å². The topological polar surface area (TPSA) is 50.8 Å². The molecule has 2 heterocycles. The minimum atomic E-state index is 0.0661. The lowest BCUT2D eigenvalue weighted by Crippen LogP contribution is -2.48. The second-order valence-electron chi connectivity index (χ2n) is 4.90. The standard InChI is InChI=1S/C12H22N2O3/c1-16-8-10-2-5-14(6-3-10)12(15)13-11-4-7-17-9-11/h10-11H,2-9H2,1H3,(H,13,15). The molecule has 0 bridgehead atoms. The molecule has 0 aromatic rings. The van der Waals surface area contributed by atoms with Crippen molar-refractivity contribution in [3.8, 4) is 0 Å². The first kappa shape index (κ1) is 12.6. The van der Waals surface area contributed by atoms with Gasteiger partial charge < -0.3 is 19.7 Å². The Hall–Kier alpha value is -0.810. The molecule has 17 heavy (non-hydrogen) atoms. The number of likely N-dealkylation sites (tertiary alicyclic amines) is 1. The molecule has 5 nitrogen and oxygen atoms in total. The highest BCUT2D eigenvalue weighted by Gasteiger charge is 2.25. The molecule has 1 atom stereocenters. The zero-order chi connectivity index (χ0) is 12.1. The highest BCUT2D eigenvalue weighted by Crippen LogP contribution is 2.17. The molecule has 0 aromatic carbocycles. The van der Waals surface area contributed by atoms with Gasteiger partial charge in [-0.1, -0.05) is 0 Å². The van der Waals surface area contributed by atoms with E-state index in [1.165, 1.54) is 0 Å². The summed E-state index contributed by atoms with van der Waals surface area (Å²) in [4.78, 5) is 13.9. The molecule has 2 aliphatic rings. The molecule has 0 saturated carbocycles. The fourth-order valence-electron chi connectivity index (χ4n) is 2.45. The van der Waals surface area contributed by atoms with E-state index in [-0.39, 0.29) is 12.1 Å². The van der Waals surface area contributed by atoms with Gasteiger partial charge in [0, 0.05) is 33.4 Å². The van der Waals surface area contributed by atoms with E-state index < -0.39 is 0 Å². The van der Waals surface area contributed by atoms with Gasteiger partial charge in [-0.15, -0.1) is 0 Å². The number of nitrogens with zero attached hydrogens (tertiary/aromatic N) is 1. The Bertz CT molecular complexity index is 246. The SMILES string of the molecule is COCC1CCN(C(=O)NC2CCOC2)CC1. The average molecular weight is 242 g/mol. The van der Waals surface area contributed by atoms with Gasteiger partial charge in [0.15, 0.2) is 0 Å². The molecule has 0 spiro atoms. The second kappa shape index (κ2) is 6.21. The van der Waals surface area contributed by atoms with Crippen LogP contribution in [0.15, 0.2) is 0 Å². The van der Waals surface area contributed by atoms with E-state index in [2.05, 4.69) is 5.32 Å². The smallest absolute Gasteiger partial charge is 0.317 e. The Morgan fingerprint density at radius 3 is 2.76 bits per heavy atom. The summed E-state index contributed by atoms with van der Waals surface area (Å²) in [5, 5.41) is 3.03. The number of hydrogen-bond donors (Lipinski definition) is 1. The molecule has 1 N–H and O–H groups in total. The van der Waals surface area contributed by atoms with Crippen molar-refractivity contribution >= 4 is 6.03 Å². The largest absolute Gasteiger partial charge is 0.384 e. The van der Waals surface area contributed by atoms with Crippen LogP contribution in [0.5, 0.6) is 0 Å². The van der Waals surface area contributed by atoms with Crippen LogP contribution in [0.25, 0.3) is 0 Å². The van der Waals surface area contributed by atoms with Gasteiger partial charge in [-0.05, 0) is 25.2 Å². The Kier molecular flexibility index (Phi) is 4.62. The maximum Gasteiger partial charge on any atom is 0.317 e. The van der Waals surface area contributed by atoms with Crippen LogP contribution in [0.3, 0.4) is 0 Å². The van der Waals surface area contributed by atoms with Gasteiger partial charge in [-0.3, -0.25) is 0 Å². The normalized spacial score (nSPS) is 26.2. The Morgan fingerprint density at radius 2 is 2.18 bits per heavy atom. The third-order valence-electron chi connectivity index (χ3n) is 3.56. The summed E-state index contributed by atoms with van der Waals surface area (Å²) in [7, 11) is 1.74. The molecule has 5 heteroatoms. The summed E-state index contributed by atoms with van der Waals surface area (Å²) in [5.74, 6) is 0.610. The number of ether oxygens (including phenoxy) is 2. The van der Waals surface area contributed by atoms with Crippen LogP contribution in [0.1, 0.15) is 19.3 Å². The molecule has 0 aliphatic carbocycles. The van der Waals surface area contributed by atoms with Crippen LogP contribution >= 0.6 is 0 Å². The van der Waals surface area contributed by atoms with Gasteiger partial charge in [-0.25, -0.2) is 4.79 Å². The number of amides is 2. The molecule has 0 aromatic heterocycles. The quantitative estimate of drug-likeness (QED) is 0.798. The highest BCUT2D eigenvalue weighted by atomic mass is 16.5. The van der Waals surface area contributed by atoms with Crippen LogP contribution in [-0.2, 0) is 9.47 Å². The van der Waals surface area contributed by atoms with Crippen LogP contribution in [-0.4, -0.2) is 57.0 Å². The van der Waals surface area contributed by atoms with Gasteiger partial charge in [0.1, 0.15) is 0 Å². The second-order valence-corrected chi connectivity index (χ2v) is 4.90. The molecule has 98 valence electrons. The summed E-state index contributed by atoms with van der Waals surface area (Å²) >= 11 is 0. The van der Waals surface area contributed by atoms with E-state index in [4.69, 9.17) is 9.47 Å². The number of carbonyl (C=O) groups excluding carboxylic acids is 1. The van der Waals surface area contributed by atoms with Gasteiger partial charge in [0.2, 0.25) is 0 Å². The van der Waals surface area contributed by atoms with Gasteiger partial charge >= 0.3 is 6.03 Å². The van der Waals surface area contributed by atoms with Crippen molar-refractivity contribution in [3.05, 3.63) is 0 Å². The summed E-state index contributed by atoms with van der Waals surface area (Å²) in [6.45, 7) is 3.92. The number of nitrogens with one attached hydrogen (secondary N) is 1. The zero-order valence-electron chi connectivity index (χ0n) is 10.5. The minimum Gasteiger partial charge on any atom is -0.384 e. The summed E-state index contributed by atoms with van der Waals surface area (Å²) in [6.07, 6.45) is 3.02. The molecule has 2 rings (SSSR count). The predicted molar refractivity (Wildman–Crippen MR) is 63.9 cm³/mol. The molecule has 2 amide bonds. The Balaban J connectivity index is 1.70. The summed E-state index contributed by atoms with van der Waals surface area (Å²) in [6, 6.07) is 0.274. The zero-order valence-corrected chi connectivity index (χ0v) is 10.5. The molecular weight excluding hydrogens is 220 g/mol. The first-order valence-electron chi connectivity index (χ1n) is 6.41. The third-order valence-corrected chi connectivity index (χ3v) is 3.56. The first-order valence-corrected chi connectivity index (χ1v) is 6.41. The average Bonchev–Trinajstić information content (AvgIpc) is 2.83. The molecule has 2 fully saturated rings. The molecule has 2 aliphatic heterocycles. The monoisotopic (exact) mass is 242 g/mol. The minimum absolute atomic E-state index is 0.0661. The van der Waals surface area contributed by atoms with Crippen molar-refractivity contribution in [2.75, 3.05) is 40.0 Å². The van der Waals surface area contributed by atoms with E-state index in [0.29, 0.717) is 12.5 Å². The molecule has 1 unspecified atom stereocenters. The Labute approximate surface area is 102 Å². The number of methoxy groups -OCH3 is 1. The van der Waals surface area contributed by atoms with E-state index in [0.717, 1.165) is 45.6 Å². The van der Waals surface area contributed by atoms with E-state index >= 15 is 0 Å². The lowest BCUT2D eigenvalue weighted by molar-refractivity contribution is 0.106. The number of urea groups is 1. The first-order chi connectivity index (χ1) is 8.29.